The van der Waals surface area contributed by atoms with E-state index in [2.05, 4.69) is 15.9 Å². The lowest BCUT2D eigenvalue weighted by Gasteiger charge is -2.12. The van der Waals surface area contributed by atoms with Gasteiger partial charge in [-0.15, -0.1) is 11.3 Å². The topological polar surface area (TPSA) is 26.0 Å². The minimum Gasteiger partial charge on any atom is -0.323 e. The van der Waals surface area contributed by atoms with E-state index in [1.807, 2.05) is 17.5 Å². The fourth-order valence-corrected chi connectivity index (χ4v) is 3.66. The summed E-state index contributed by atoms with van der Waals surface area (Å²) in [6, 6.07) is 7.38. The number of hydrogen-bond donors (Lipinski definition) is 1. The Balaban J connectivity index is 2.21. The molecule has 5 heteroatoms. The molecule has 1 atom stereocenters. The van der Waals surface area contributed by atoms with Crippen LogP contribution in [0.25, 0.3) is 0 Å². The Kier molecular flexibility index (Phi) is 4.50. The van der Waals surface area contributed by atoms with E-state index in [9.17, 15) is 0 Å². The number of hydrogen-bond acceptors (Lipinski definition) is 2. The van der Waals surface area contributed by atoms with Crippen molar-refractivity contribution in [1.29, 1.82) is 0 Å². The maximum absolute atomic E-state index is 6.17. The second-order valence-electron chi connectivity index (χ2n) is 3.68. The highest BCUT2D eigenvalue weighted by Gasteiger charge is 2.14. The van der Waals surface area contributed by atoms with Crippen LogP contribution in [0.5, 0.6) is 0 Å². The molecule has 0 fully saturated rings. The predicted molar refractivity (Wildman–Crippen MR) is 79.1 cm³/mol. The summed E-state index contributed by atoms with van der Waals surface area (Å²) in [4.78, 5) is 1.13. The predicted octanol–water partition coefficient (Wildman–Crippen LogP) is 5.06. The van der Waals surface area contributed by atoms with E-state index in [-0.39, 0.29) is 6.04 Å². The lowest BCUT2D eigenvalue weighted by molar-refractivity contribution is 0.734. The van der Waals surface area contributed by atoms with Crippen molar-refractivity contribution < 1.29 is 0 Å². The molecule has 0 saturated carbocycles. The highest BCUT2D eigenvalue weighted by atomic mass is 79.9. The maximum Gasteiger partial charge on any atom is 0.0442 e. The normalized spacial score (nSPS) is 12.7. The smallest absolute Gasteiger partial charge is 0.0442 e. The molecule has 1 nitrogen and oxygen atoms in total. The van der Waals surface area contributed by atoms with Crippen LogP contribution in [0.1, 0.15) is 16.5 Å². The third-order valence-electron chi connectivity index (χ3n) is 2.43. The van der Waals surface area contributed by atoms with Gasteiger partial charge in [-0.05, 0) is 57.6 Å². The average molecular weight is 351 g/mol. The van der Waals surface area contributed by atoms with Crippen LogP contribution in [0.2, 0.25) is 10.0 Å². The van der Waals surface area contributed by atoms with Gasteiger partial charge in [0.25, 0.3) is 0 Å². The lowest BCUT2D eigenvalue weighted by Crippen LogP contribution is -2.12. The van der Waals surface area contributed by atoms with Gasteiger partial charge >= 0.3 is 0 Å². The standard InChI is InChI=1S/C12H10BrCl2NS/c13-9-3-4-17-12(9)11(16)6-7-5-8(14)1-2-10(7)15/h1-5,11H,6,16H2. The summed E-state index contributed by atoms with van der Waals surface area (Å²) < 4.78 is 1.05. The molecule has 0 amide bonds. The van der Waals surface area contributed by atoms with Crippen molar-refractivity contribution in [2.24, 2.45) is 5.73 Å². The summed E-state index contributed by atoms with van der Waals surface area (Å²) in [6.45, 7) is 0. The molecule has 0 spiro atoms. The molecule has 0 bridgehead atoms. The van der Waals surface area contributed by atoms with E-state index in [0.29, 0.717) is 16.5 Å². The molecule has 2 rings (SSSR count). The summed E-state index contributed by atoms with van der Waals surface area (Å²) in [5.74, 6) is 0. The third-order valence-corrected chi connectivity index (χ3v) is 5.04. The van der Waals surface area contributed by atoms with Gasteiger partial charge in [0.1, 0.15) is 0 Å². The monoisotopic (exact) mass is 349 g/mol. The maximum atomic E-state index is 6.17. The van der Waals surface area contributed by atoms with Crippen molar-refractivity contribution in [3.05, 3.63) is 54.6 Å². The van der Waals surface area contributed by atoms with Crippen LogP contribution in [0, 0.1) is 0 Å². The summed E-state index contributed by atoms with van der Waals surface area (Å²) in [6.07, 6.45) is 0.679. The van der Waals surface area contributed by atoms with Crippen LogP contribution in [-0.4, -0.2) is 0 Å². The molecule has 90 valence electrons. The summed E-state index contributed by atoms with van der Waals surface area (Å²) in [5.41, 5.74) is 7.15. The van der Waals surface area contributed by atoms with E-state index >= 15 is 0 Å². The minimum atomic E-state index is -0.0691. The minimum absolute atomic E-state index is 0.0691. The molecule has 2 N–H and O–H groups in total. The SMILES string of the molecule is NC(Cc1cc(Cl)ccc1Cl)c1sccc1Br. The molecule has 1 aromatic carbocycles. The van der Waals surface area contributed by atoms with E-state index in [4.69, 9.17) is 28.9 Å². The van der Waals surface area contributed by atoms with Crippen LogP contribution >= 0.6 is 50.5 Å². The van der Waals surface area contributed by atoms with Crippen molar-refractivity contribution in [3.63, 3.8) is 0 Å². The van der Waals surface area contributed by atoms with Crippen LogP contribution in [0.4, 0.5) is 0 Å². The number of thiophene rings is 1. The van der Waals surface area contributed by atoms with Gasteiger partial charge in [0.2, 0.25) is 0 Å². The van der Waals surface area contributed by atoms with Gasteiger partial charge in [0.05, 0.1) is 0 Å². The quantitative estimate of drug-likeness (QED) is 0.822. The molecule has 0 radical (unpaired) electrons. The first-order valence-electron chi connectivity index (χ1n) is 5.00. The Hall–Kier alpha value is -0.0600. The second-order valence-corrected chi connectivity index (χ2v) is 6.32. The highest BCUT2D eigenvalue weighted by Crippen LogP contribution is 2.31. The molecule has 0 aliphatic heterocycles. The molecular formula is C12H10BrCl2NS. The fourth-order valence-electron chi connectivity index (χ4n) is 1.60. The molecule has 17 heavy (non-hydrogen) atoms. The van der Waals surface area contributed by atoms with Crippen LogP contribution < -0.4 is 5.73 Å². The number of benzene rings is 1. The first-order chi connectivity index (χ1) is 8.08. The molecule has 1 aromatic heterocycles. The van der Waals surface area contributed by atoms with E-state index < -0.39 is 0 Å². The van der Waals surface area contributed by atoms with Gasteiger partial charge in [0.15, 0.2) is 0 Å². The number of halogens is 3. The van der Waals surface area contributed by atoms with E-state index in [1.165, 1.54) is 0 Å². The number of nitrogens with two attached hydrogens (primary N) is 1. The second kappa shape index (κ2) is 5.72. The van der Waals surface area contributed by atoms with Gasteiger partial charge in [-0.25, -0.2) is 0 Å². The molecule has 0 aliphatic rings. The molecule has 2 aromatic rings. The lowest BCUT2D eigenvalue weighted by atomic mass is 10.1. The third kappa shape index (κ3) is 3.24. The Morgan fingerprint density at radius 2 is 2.06 bits per heavy atom. The molecular weight excluding hydrogens is 341 g/mol. The van der Waals surface area contributed by atoms with Crippen LogP contribution in [0.3, 0.4) is 0 Å². The van der Waals surface area contributed by atoms with Gasteiger partial charge in [-0.3, -0.25) is 0 Å². The summed E-state index contributed by atoms with van der Waals surface area (Å²) in [5, 5.41) is 3.40. The van der Waals surface area contributed by atoms with Crippen molar-refractivity contribution in [2.45, 2.75) is 12.5 Å². The van der Waals surface area contributed by atoms with E-state index in [0.717, 1.165) is 14.9 Å². The zero-order valence-corrected chi connectivity index (χ0v) is 12.7. The zero-order valence-electron chi connectivity index (χ0n) is 8.79. The van der Waals surface area contributed by atoms with Crippen LogP contribution in [-0.2, 0) is 6.42 Å². The van der Waals surface area contributed by atoms with Gasteiger partial charge in [0, 0.05) is 25.4 Å². The molecule has 1 heterocycles. The van der Waals surface area contributed by atoms with Crippen molar-refractivity contribution >= 4 is 50.5 Å². The Morgan fingerprint density at radius 3 is 2.71 bits per heavy atom. The Labute approximate surface area is 123 Å². The molecule has 1 unspecified atom stereocenters. The first-order valence-corrected chi connectivity index (χ1v) is 7.43. The van der Waals surface area contributed by atoms with Crippen molar-refractivity contribution in [1.82, 2.24) is 0 Å². The largest absolute Gasteiger partial charge is 0.323 e. The molecule has 0 saturated heterocycles. The Morgan fingerprint density at radius 1 is 1.29 bits per heavy atom. The average Bonchev–Trinajstić information content (AvgIpc) is 2.70. The van der Waals surface area contributed by atoms with Crippen LogP contribution in [0.15, 0.2) is 34.1 Å². The molecule has 0 aliphatic carbocycles. The van der Waals surface area contributed by atoms with E-state index in [1.54, 1.807) is 23.5 Å². The first kappa shape index (κ1) is 13.4. The van der Waals surface area contributed by atoms with Crippen molar-refractivity contribution in [2.75, 3.05) is 0 Å². The van der Waals surface area contributed by atoms with Gasteiger partial charge in [-0.2, -0.15) is 0 Å². The van der Waals surface area contributed by atoms with Gasteiger partial charge < -0.3 is 5.73 Å². The summed E-state index contributed by atoms with van der Waals surface area (Å²) in [7, 11) is 0. The number of rotatable bonds is 3. The Bertz CT molecular complexity index is 527. The highest BCUT2D eigenvalue weighted by molar-refractivity contribution is 9.10. The fraction of sp³-hybridized carbons (Fsp3) is 0.167. The zero-order chi connectivity index (χ0) is 12.4. The summed E-state index contributed by atoms with van der Waals surface area (Å²) >= 11 is 17.2. The van der Waals surface area contributed by atoms with Crippen molar-refractivity contribution in [3.8, 4) is 0 Å². The van der Waals surface area contributed by atoms with Gasteiger partial charge in [-0.1, -0.05) is 23.2 Å².